The third kappa shape index (κ3) is 4.47. The normalized spacial score (nSPS) is 10.5. The topological polar surface area (TPSA) is 64.4 Å². The van der Waals surface area contributed by atoms with E-state index in [1.165, 1.54) is 18.4 Å². The van der Waals surface area contributed by atoms with Crippen LogP contribution in [-0.4, -0.2) is 18.2 Å². The lowest BCUT2D eigenvalue weighted by molar-refractivity contribution is -0.121. The first-order valence-corrected chi connectivity index (χ1v) is 8.24. The first kappa shape index (κ1) is 17.7. The van der Waals surface area contributed by atoms with Crippen LogP contribution >= 0.6 is 0 Å². The van der Waals surface area contributed by atoms with Crippen molar-refractivity contribution in [2.24, 2.45) is 0 Å². The maximum absolute atomic E-state index is 13.0. The number of nitrogens with zero attached hydrogens (tertiary/aromatic N) is 1. The molecule has 1 aromatic heterocycles. The molecule has 0 saturated heterocycles. The second-order valence-corrected chi connectivity index (χ2v) is 5.82. The second kappa shape index (κ2) is 8.29. The van der Waals surface area contributed by atoms with Crippen molar-refractivity contribution < 1.29 is 18.4 Å². The summed E-state index contributed by atoms with van der Waals surface area (Å²) < 4.78 is 23.2. The number of methoxy groups -OCH3 is 1. The van der Waals surface area contributed by atoms with Gasteiger partial charge in [-0.25, -0.2) is 4.39 Å². The van der Waals surface area contributed by atoms with Crippen LogP contribution < -0.4 is 10.1 Å². The lowest BCUT2D eigenvalue weighted by atomic mass is 10.0. The highest BCUT2D eigenvalue weighted by Crippen LogP contribution is 2.23. The monoisotopic (exact) mass is 354 g/mol. The van der Waals surface area contributed by atoms with E-state index >= 15 is 0 Å². The van der Waals surface area contributed by atoms with Gasteiger partial charge in [0, 0.05) is 24.1 Å². The summed E-state index contributed by atoms with van der Waals surface area (Å²) in [5.41, 5.74) is 3.20. The van der Waals surface area contributed by atoms with Crippen molar-refractivity contribution in [3.8, 4) is 17.0 Å². The summed E-state index contributed by atoms with van der Waals surface area (Å²) >= 11 is 0. The molecule has 0 spiro atoms. The quantitative estimate of drug-likeness (QED) is 0.702. The van der Waals surface area contributed by atoms with Gasteiger partial charge in [-0.15, -0.1) is 0 Å². The van der Waals surface area contributed by atoms with Gasteiger partial charge >= 0.3 is 0 Å². The minimum absolute atomic E-state index is 0.0629. The standard InChI is InChI=1S/C20H19FN2O3/c1-25-18-9-2-14(3-10-18)12-22-19(24)11-6-16-13-26-23-20(16)15-4-7-17(21)8-5-15/h2-5,7-10,13H,6,11-12H2,1H3,(H,22,24). The number of benzene rings is 2. The van der Waals surface area contributed by atoms with Crippen LogP contribution in [0.1, 0.15) is 17.5 Å². The minimum atomic E-state index is -0.309. The Balaban J connectivity index is 1.53. The summed E-state index contributed by atoms with van der Waals surface area (Å²) in [6, 6.07) is 13.5. The van der Waals surface area contributed by atoms with Crippen molar-refractivity contribution >= 4 is 5.91 Å². The Hall–Kier alpha value is -3.15. The third-order valence-corrected chi connectivity index (χ3v) is 4.03. The molecular weight excluding hydrogens is 335 g/mol. The largest absolute Gasteiger partial charge is 0.497 e. The molecule has 134 valence electrons. The van der Waals surface area contributed by atoms with E-state index in [0.717, 1.165) is 22.4 Å². The zero-order valence-corrected chi connectivity index (χ0v) is 14.4. The zero-order valence-electron chi connectivity index (χ0n) is 14.4. The van der Waals surface area contributed by atoms with Crippen LogP contribution in [0.5, 0.6) is 5.75 Å². The molecule has 0 bridgehead atoms. The molecule has 0 saturated carbocycles. The molecule has 0 unspecified atom stereocenters. The van der Waals surface area contributed by atoms with Crippen LogP contribution in [0.3, 0.4) is 0 Å². The Morgan fingerprint density at radius 2 is 1.88 bits per heavy atom. The van der Waals surface area contributed by atoms with E-state index in [-0.39, 0.29) is 11.7 Å². The van der Waals surface area contributed by atoms with Gasteiger partial charge < -0.3 is 14.6 Å². The first-order valence-electron chi connectivity index (χ1n) is 8.24. The van der Waals surface area contributed by atoms with Gasteiger partial charge in [-0.1, -0.05) is 17.3 Å². The highest BCUT2D eigenvalue weighted by atomic mass is 19.1. The van der Waals surface area contributed by atoms with Crippen molar-refractivity contribution in [3.05, 3.63) is 71.7 Å². The van der Waals surface area contributed by atoms with E-state index in [9.17, 15) is 9.18 Å². The van der Waals surface area contributed by atoms with Crippen LogP contribution in [0.4, 0.5) is 4.39 Å². The summed E-state index contributed by atoms with van der Waals surface area (Å²) in [6.45, 7) is 0.456. The molecule has 6 heteroatoms. The fraction of sp³-hybridized carbons (Fsp3) is 0.200. The number of carbonyl (C=O) groups is 1. The van der Waals surface area contributed by atoms with Gasteiger partial charge in [-0.2, -0.15) is 0 Å². The maximum atomic E-state index is 13.0. The Labute approximate surface area is 150 Å². The summed E-state index contributed by atoms with van der Waals surface area (Å²) in [5, 5.41) is 6.85. The number of hydrogen-bond acceptors (Lipinski definition) is 4. The molecule has 1 amide bonds. The Kier molecular flexibility index (Phi) is 5.63. The predicted molar refractivity (Wildman–Crippen MR) is 95.1 cm³/mol. The molecule has 0 aliphatic rings. The van der Waals surface area contributed by atoms with Crippen LogP contribution in [0, 0.1) is 5.82 Å². The number of aromatic nitrogens is 1. The van der Waals surface area contributed by atoms with Crippen molar-refractivity contribution in [1.82, 2.24) is 10.5 Å². The zero-order chi connectivity index (χ0) is 18.4. The second-order valence-electron chi connectivity index (χ2n) is 5.82. The highest BCUT2D eigenvalue weighted by molar-refractivity contribution is 5.76. The first-order chi connectivity index (χ1) is 12.7. The lowest BCUT2D eigenvalue weighted by Crippen LogP contribution is -2.22. The van der Waals surface area contributed by atoms with E-state index in [1.807, 2.05) is 24.3 Å². The lowest BCUT2D eigenvalue weighted by Gasteiger charge is -2.06. The van der Waals surface area contributed by atoms with Gasteiger partial charge in [0.2, 0.25) is 5.91 Å². The van der Waals surface area contributed by atoms with E-state index in [1.54, 1.807) is 19.2 Å². The Morgan fingerprint density at radius 3 is 2.58 bits per heavy atom. The van der Waals surface area contributed by atoms with Crippen LogP contribution in [0.25, 0.3) is 11.3 Å². The maximum Gasteiger partial charge on any atom is 0.220 e. The predicted octanol–water partition coefficient (Wildman–Crippen LogP) is 3.74. The van der Waals surface area contributed by atoms with Crippen molar-refractivity contribution in [1.29, 1.82) is 0 Å². The minimum Gasteiger partial charge on any atom is -0.497 e. The van der Waals surface area contributed by atoms with Crippen LogP contribution in [0.2, 0.25) is 0 Å². The molecule has 1 N–H and O–H groups in total. The molecule has 26 heavy (non-hydrogen) atoms. The van der Waals surface area contributed by atoms with Gasteiger partial charge in [0.15, 0.2) is 0 Å². The number of nitrogens with one attached hydrogen (secondary N) is 1. The fourth-order valence-electron chi connectivity index (χ4n) is 2.56. The summed E-state index contributed by atoms with van der Waals surface area (Å²) in [6.07, 6.45) is 2.33. The number of halogens is 1. The molecule has 0 fully saturated rings. The molecular formula is C20H19FN2O3. The molecule has 0 atom stereocenters. The number of carbonyl (C=O) groups excluding carboxylic acids is 1. The van der Waals surface area contributed by atoms with E-state index < -0.39 is 0 Å². The average molecular weight is 354 g/mol. The SMILES string of the molecule is COc1ccc(CNC(=O)CCc2conc2-c2ccc(F)cc2)cc1. The molecule has 2 aromatic carbocycles. The van der Waals surface area contributed by atoms with Crippen LogP contribution in [-0.2, 0) is 17.8 Å². The summed E-state index contributed by atoms with van der Waals surface area (Å²) in [7, 11) is 1.61. The fourth-order valence-corrected chi connectivity index (χ4v) is 2.56. The number of aryl methyl sites for hydroxylation is 1. The van der Waals surface area contributed by atoms with Gasteiger partial charge in [-0.3, -0.25) is 4.79 Å². The molecule has 5 nitrogen and oxygen atoms in total. The van der Waals surface area contributed by atoms with Crippen molar-refractivity contribution in [2.45, 2.75) is 19.4 Å². The van der Waals surface area contributed by atoms with Crippen molar-refractivity contribution in [3.63, 3.8) is 0 Å². The van der Waals surface area contributed by atoms with E-state index in [0.29, 0.717) is 25.1 Å². The molecule has 3 rings (SSSR count). The van der Waals surface area contributed by atoms with E-state index in [2.05, 4.69) is 10.5 Å². The van der Waals surface area contributed by atoms with Gasteiger partial charge in [0.1, 0.15) is 23.5 Å². The molecule has 3 aromatic rings. The molecule has 0 aliphatic heterocycles. The van der Waals surface area contributed by atoms with Gasteiger partial charge in [-0.05, 0) is 48.4 Å². The Bertz CT molecular complexity index is 858. The van der Waals surface area contributed by atoms with Crippen molar-refractivity contribution in [2.75, 3.05) is 7.11 Å². The molecule has 0 radical (unpaired) electrons. The Morgan fingerprint density at radius 1 is 1.15 bits per heavy atom. The van der Waals surface area contributed by atoms with Gasteiger partial charge in [0.25, 0.3) is 0 Å². The molecule has 0 aliphatic carbocycles. The number of rotatable bonds is 7. The van der Waals surface area contributed by atoms with Crippen LogP contribution in [0.15, 0.2) is 59.3 Å². The molecule has 1 heterocycles. The summed E-state index contributed by atoms with van der Waals surface area (Å²) in [5.74, 6) is 0.407. The smallest absolute Gasteiger partial charge is 0.220 e. The average Bonchev–Trinajstić information content (AvgIpc) is 3.14. The highest BCUT2D eigenvalue weighted by Gasteiger charge is 2.12. The third-order valence-electron chi connectivity index (χ3n) is 4.03. The number of hydrogen-bond donors (Lipinski definition) is 1. The van der Waals surface area contributed by atoms with E-state index in [4.69, 9.17) is 9.26 Å². The number of amides is 1. The summed E-state index contributed by atoms with van der Waals surface area (Å²) in [4.78, 5) is 12.1. The number of ether oxygens (including phenoxy) is 1. The van der Waals surface area contributed by atoms with Gasteiger partial charge in [0.05, 0.1) is 7.11 Å².